The number of alkyl halides is 8. The third-order valence-corrected chi connectivity index (χ3v) is 2.70. The third-order valence-electron chi connectivity index (χ3n) is 1.57. The Balaban J connectivity index is 5.32. The SMILES string of the molecule is O=S(=O)([O-])C(CC(F)(F)C(F)(F)F)C(F)(F)F. The first-order valence-electron chi connectivity index (χ1n) is 3.55. The normalized spacial score (nSPS) is 17.0. The van der Waals surface area contributed by atoms with E-state index in [1.54, 1.807) is 0 Å². The fraction of sp³-hybridized carbons (Fsp3) is 1.00. The summed E-state index contributed by atoms with van der Waals surface area (Å²) in [5.41, 5.74) is 0. The maximum atomic E-state index is 12.2. The van der Waals surface area contributed by atoms with Crippen molar-refractivity contribution in [3.05, 3.63) is 0 Å². The number of hydrogen-bond donors (Lipinski definition) is 0. The Morgan fingerprint density at radius 1 is 0.941 bits per heavy atom. The van der Waals surface area contributed by atoms with E-state index in [4.69, 9.17) is 0 Å². The van der Waals surface area contributed by atoms with Gasteiger partial charge in [-0.1, -0.05) is 0 Å². The molecule has 0 N–H and O–H groups in total. The largest absolute Gasteiger partial charge is 0.747 e. The predicted octanol–water partition coefficient (Wildman–Crippen LogP) is 2.05. The lowest BCUT2D eigenvalue weighted by Crippen LogP contribution is -2.46. The van der Waals surface area contributed by atoms with Crippen molar-refractivity contribution in [2.45, 2.75) is 29.9 Å². The summed E-state index contributed by atoms with van der Waals surface area (Å²) in [6.07, 6.45) is -15.6. The summed E-state index contributed by atoms with van der Waals surface area (Å²) in [6, 6.07) is 0. The smallest absolute Gasteiger partial charge is 0.453 e. The summed E-state index contributed by atoms with van der Waals surface area (Å²) >= 11 is 0. The van der Waals surface area contributed by atoms with Gasteiger partial charge in [0.2, 0.25) is 0 Å². The third kappa shape index (κ3) is 4.26. The van der Waals surface area contributed by atoms with Gasteiger partial charge in [-0.3, -0.25) is 0 Å². The van der Waals surface area contributed by atoms with Crippen molar-refractivity contribution in [1.29, 1.82) is 0 Å². The van der Waals surface area contributed by atoms with Crippen molar-refractivity contribution in [1.82, 2.24) is 0 Å². The molecule has 0 bridgehead atoms. The van der Waals surface area contributed by atoms with Gasteiger partial charge in [-0.2, -0.15) is 35.1 Å². The second-order valence-electron chi connectivity index (χ2n) is 2.93. The summed E-state index contributed by atoms with van der Waals surface area (Å²) in [7, 11) is -6.37. The van der Waals surface area contributed by atoms with Crippen molar-refractivity contribution in [2.24, 2.45) is 0 Å². The van der Waals surface area contributed by atoms with Crippen molar-refractivity contribution >= 4 is 10.1 Å². The minimum atomic E-state index is -6.37. The lowest BCUT2D eigenvalue weighted by molar-refractivity contribution is -0.290. The molecule has 17 heavy (non-hydrogen) atoms. The molecular weight excluding hydrogens is 292 g/mol. The van der Waals surface area contributed by atoms with E-state index in [1.807, 2.05) is 0 Å². The highest BCUT2D eigenvalue weighted by Crippen LogP contribution is 2.42. The molecule has 0 heterocycles. The summed E-state index contributed by atoms with van der Waals surface area (Å²) in [5, 5.41) is -4.31. The van der Waals surface area contributed by atoms with Gasteiger partial charge in [0.1, 0.15) is 10.1 Å². The van der Waals surface area contributed by atoms with E-state index in [1.165, 1.54) is 0 Å². The molecule has 0 aliphatic heterocycles. The fourth-order valence-electron chi connectivity index (χ4n) is 0.730. The number of halogens is 8. The average molecular weight is 295 g/mol. The summed E-state index contributed by atoms with van der Waals surface area (Å²) in [5.74, 6) is -5.93. The zero-order valence-electron chi connectivity index (χ0n) is 7.44. The minimum Gasteiger partial charge on any atom is -0.747 e. The zero-order chi connectivity index (χ0) is 14.3. The van der Waals surface area contributed by atoms with Gasteiger partial charge < -0.3 is 4.55 Å². The Bertz CT molecular complexity index is 366. The van der Waals surface area contributed by atoms with Gasteiger partial charge in [0, 0.05) is 6.42 Å². The molecule has 0 saturated carbocycles. The molecule has 0 aromatic rings. The zero-order valence-corrected chi connectivity index (χ0v) is 8.26. The maximum absolute atomic E-state index is 12.2. The van der Waals surface area contributed by atoms with Crippen LogP contribution in [0.3, 0.4) is 0 Å². The lowest BCUT2D eigenvalue weighted by Gasteiger charge is -2.28. The molecule has 1 atom stereocenters. The van der Waals surface area contributed by atoms with Gasteiger partial charge in [0.15, 0.2) is 5.25 Å². The summed E-state index contributed by atoms with van der Waals surface area (Å²) in [4.78, 5) is 0. The molecule has 104 valence electrons. The van der Waals surface area contributed by atoms with Crippen LogP contribution in [0.25, 0.3) is 0 Å². The first kappa shape index (κ1) is 16.4. The van der Waals surface area contributed by atoms with Crippen LogP contribution >= 0.6 is 0 Å². The van der Waals surface area contributed by atoms with Crippen LogP contribution in [0.2, 0.25) is 0 Å². The van der Waals surface area contributed by atoms with Crippen LogP contribution in [0.15, 0.2) is 0 Å². The second kappa shape index (κ2) is 4.23. The van der Waals surface area contributed by atoms with E-state index in [-0.39, 0.29) is 0 Å². The van der Waals surface area contributed by atoms with Gasteiger partial charge in [0.25, 0.3) is 0 Å². The van der Waals surface area contributed by atoms with Crippen molar-refractivity contribution in [2.75, 3.05) is 0 Å². The molecule has 0 spiro atoms. The van der Waals surface area contributed by atoms with Gasteiger partial charge in [-0.25, -0.2) is 8.42 Å². The molecule has 3 nitrogen and oxygen atoms in total. The van der Waals surface area contributed by atoms with E-state index in [9.17, 15) is 48.1 Å². The standard InChI is InChI=1S/C5H4F8O3S/c6-3(7,5(11,12)13)1-2(4(8,9)10)17(14,15)16/h2H,1H2,(H,14,15,16)/p-1. The molecule has 0 amide bonds. The van der Waals surface area contributed by atoms with Crippen LogP contribution in [-0.4, -0.2) is 36.5 Å². The molecule has 0 aliphatic carbocycles. The molecule has 0 saturated heterocycles. The fourth-order valence-corrected chi connectivity index (χ4v) is 1.47. The first-order chi connectivity index (χ1) is 7.09. The van der Waals surface area contributed by atoms with Crippen LogP contribution in [0.1, 0.15) is 6.42 Å². The quantitative estimate of drug-likeness (QED) is 0.591. The first-order valence-corrected chi connectivity index (χ1v) is 5.02. The summed E-state index contributed by atoms with van der Waals surface area (Å²) < 4.78 is 125. The van der Waals surface area contributed by atoms with E-state index >= 15 is 0 Å². The average Bonchev–Trinajstić information content (AvgIpc) is 1.93. The Kier molecular flexibility index (Phi) is 4.06. The van der Waals surface area contributed by atoms with E-state index in [0.29, 0.717) is 0 Å². The molecule has 0 aromatic carbocycles. The molecule has 1 unspecified atom stereocenters. The monoisotopic (exact) mass is 295 g/mol. The Morgan fingerprint density at radius 3 is 1.47 bits per heavy atom. The van der Waals surface area contributed by atoms with Crippen LogP contribution in [-0.2, 0) is 10.1 Å². The molecule has 0 aliphatic rings. The van der Waals surface area contributed by atoms with Crippen molar-refractivity contribution in [3.63, 3.8) is 0 Å². The van der Waals surface area contributed by atoms with E-state index < -0.39 is 40.1 Å². The topological polar surface area (TPSA) is 57.2 Å². The molecular formula is C5H3F8O3S-. The Labute approximate surface area is 89.2 Å². The molecule has 0 radical (unpaired) electrons. The highest BCUT2D eigenvalue weighted by molar-refractivity contribution is 7.86. The highest BCUT2D eigenvalue weighted by atomic mass is 32.2. The number of hydrogen-bond acceptors (Lipinski definition) is 3. The Hall–Kier alpha value is -0.650. The molecule has 0 aromatic heterocycles. The molecule has 0 fully saturated rings. The second-order valence-corrected chi connectivity index (χ2v) is 4.48. The lowest BCUT2D eigenvalue weighted by atomic mass is 10.1. The predicted molar refractivity (Wildman–Crippen MR) is 35.2 cm³/mol. The molecule has 0 rings (SSSR count). The van der Waals surface area contributed by atoms with Crippen LogP contribution in [0.5, 0.6) is 0 Å². The van der Waals surface area contributed by atoms with E-state index in [0.717, 1.165) is 0 Å². The van der Waals surface area contributed by atoms with Gasteiger partial charge in [-0.15, -0.1) is 0 Å². The van der Waals surface area contributed by atoms with E-state index in [2.05, 4.69) is 0 Å². The highest BCUT2D eigenvalue weighted by Gasteiger charge is 2.62. The maximum Gasteiger partial charge on any atom is 0.453 e. The van der Waals surface area contributed by atoms with Gasteiger partial charge >= 0.3 is 18.3 Å². The van der Waals surface area contributed by atoms with Gasteiger partial charge in [0.05, 0.1) is 0 Å². The van der Waals surface area contributed by atoms with Crippen molar-refractivity contribution in [3.8, 4) is 0 Å². The van der Waals surface area contributed by atoms with Crippen LogP contribution in [0, 0.1) is 0 Å². The minimum absolute atomic E-state index is 3.19. The molecule has 12 heteroatoms. The summed E-state index contributed by atoms with van der Waals surface area (Å²) in [6.45, 7) is 0. The van der Waals surface area contributed by atoms with Crippen molar-refractivity contribution < 1.29 is 48.1 Å². The van der Waals surface area contributed by atoms with Gasteiger partial charge in [-0.05, 0) is 0 Å². The number of rotatable bonds is 3. The van der Waals surface area contributed by atoms with Crippen LogP contribution in [0.4, 0.5) is 35.1 Å². The Morgan fingerprint density at radius 2 is 1.29 bits per heavy atom. The van der Waals surface area contributed by atoms with Crippen LogP contribution < -0.4 is 0 Å².